The van der Waals surface area contributed by atoms with Gasteiger partial charge in [0.1, 0.15) is 0 Å². The number of carbonyl (C=O) groups excluding carboxylic acids is 1. The molecule has 100 valence electrons. The van der Waals surface area contributed by atoms with Crippen LogP contribution in [0.5, 0.6) is 0 Å². The first-order chi connectivity index (χ1) is 9.10. The van der Waals surface area contributed by atoms with E-state index in [2.05, 4.69) is 12.2 Å². The molecule has 1 aliphatic carbocycles. The summed E-state index contributed by atoms with van der Waals surface area (Å²) in [5, 5.41) is 11.7. The van der Waals surface area contributed by atoms with Gasteiger partial charge in [0.05, 0.1) is 5.92 Å². The first kappa shape index (κ1) is 13.3. The van der Waals surface area contributed by atoms with Crippen LogP contribution < -0.4 is 5.32 Å². The molecule has 2 atom stereocenters. The normalized spacial score (nSPS) is 21.3. The summed E-state index contributed by atoms with van der Waals surface area (Å²) in [6.07, 6.45) is 4.74. The molecule has 0 bridgehead atoms. The van der Waals surface area contributed by atoms with Crippen molar-refractivity contribution >= 4 is 11.9 Å². The van der Waals surface area contributed by atoms with Gasteiger partial charge in [0.15, 0.2) is 0 Å². The maximum Gasteiger partial charge on any atom is 0.310 e. The largest absolute Gasteiger partial charge is 0.481 e. The lowest BCUT2D eigenvalue weighted by Gasteiger charge is -2.12. The third-order valence-electron chi connectivity index (χ3n) is 3.34. The standard InChI is InChI=1S/C15H17NO3/c1-2-10-3-5-11(6-4-10)14(17)16-13-8-7-12(9-13)15(18)19/h3-8,12-13H,2,9H2,1H3,(H,16,17)(H,18,19). The molecule has 2 N–H and O–H groups in total. The summed E-state index contributed by atoms with van der Waals surface area (Å²) in [7, 11) is 0. The Bertz CT molecular complexity index is 505. The van der Waals surface area contributed by atoms with Crippen molar-refractivity contribution in [2.24, 2.45) is 5.92 Å². The number of aliphatic carboxylic acids is 1. The number of carboxylic acids is 1. The van der Waals surface area contributed by atoms with Crippen LogP contribution in [0.1, 0.15) is 29.3 Å². The number of hydrogen-bond donors (Lipinski definition) is 2. The summed E-state index contributed by atoms with van der Waals surface area (Å²) in [6, 6.07) is 7.25. The van der Waals surface area contributed by atoms with E-state index < -0.39 is 11.9 Å². The van der Waals surface area contributed by atoms with E-state index in [-0.39, 0.29) is 11.9 Å². The van der Waals surface area contributed by atoms with E-state index >= 15 is 0 Å². The van der Waals surface area contributed by atoms with Crippen molar-refractivity contribution in [3.63, 3.8) is 0 Å². The molecule has 0 spiro atoms. The van der Waals surface area contributed by atoms with Gasteiger partial charge in [-0.25, -0.2) is 0 Å². The summed E-state index contributed by atoms with van der Waals surface area (Å²) in [4.78, 5) is 22.8. The number of carbonyl (C=O) groups is 2. The molecule has 19 heavy (non-hydrogen) atoms. The van der Waals surface area contributed by atoms with E-state index in [0.29, 0.717) is 12.0 Å². The van der Waals surface area contributed by atoms with Crippen LogP contribution in [0.3, 0.4) is 0 Å². The van der Waals surface area contributed by atoms with Crippen LogP contribution in [0.4, 0.5) is 0 Å². The molecule has 0 saturated carbocycles. The van der Waals surface area contributed by atoms with Gasteiger partial charge in [-0.1, -0.05) is 31.2 Å². The van der Waals surface area contributed by atoms with Crippen LogP contribution in [0, 0.1) is 5.92 Å². The Balaban J connectivity index is 1.94. The molecule has 1 aromatic rings. The number of carboxylic acid groups (broad SMARTS) is 1. The lowest BCUT2D eigenvalue weighted by Crippen LogP contribution is -2.33. The monoisotopic (exact) mass is 259 g/mol. The molecule has 1 amide bonds. The van der Waals surface area contributed by atoms with Crippen molar-refractivity contribution in [3.05, 3.63) is 47.5 Å². The van der Waals surface area contributed by atoms with Crippen LogP contribution in [-0.4, -0.2) is 23.0 Å². The fraction of sp³-hybridized carbons (Fsp3) is 0.333. The smallest absolute Gasteiger partial charge is 0.310 e. The highest BCUT2D eigenvalue weighted by Crippen LogP contribution is 2.18. The highest BCUT2D eigenvalue weighted by Gasteiger charge is 2.25. The van der Waals surface area contributed by atoms with E-state index in [0.717, 1.165) is 6.42 Å². The highest BCUT2D eigenvalue weighted by molar-refractivity contribution is 5.94. The Hall–Kier alpha value is -2.10. The summed E-state index contributed by atoms with van der Waals surface area (Å²) in [5.41, 5.74) is 1.78. The molecule has 0 fully saturated rings. The molecule has 0 aromatic heterocycles. The van der Waals surface area contributed by atoms with Crippen LogP contribution in [0.25, 0.3) is 0 Å². The maximum absolute atomic E-state index is 12.0. The van der Waals surface area contributed by atoms with Gasteiger partial charge >= 0.3 is 5.97 Å². The van der Waals surface area contributed by atoms with Crippen molar-refractivity contribution in [2.75, 3.05) is 0 Å². The second-order valence-corrected chi connectivity index (χ2v) is 4.70. The molecule has 1 aromatic carbocycles. The van der Waals surface area contributed by atoms with Crippen molar-refractivity contribution in [2.45, 2.75) is 25.8 Å². The van der Waals surface area contributed by atoms with E-state index in [1.807, 2.05) is 12.1 Å². The number of aryl methyl sites for hydroxylation is 1. The second-order valence-electron chi connectivity index (χ2n) is 4.70. The zero-order valence-corrected chi connectivity index (χ0v) is 10.8. The first-order valence-corrected chi connectivity index (χ1v) is 6.41. The zero-order chi connectivity index (χ0) is 13.8. The number of nitrogens with one attached hydrogen (secondary N) is 1. The lowest BCUT2D eigenvalue weighted by molar-refractivity contribution is -0.140. The Morgan fingerprint density at radius 3 is 2.47 bits per heavy atom. The van der Waals surface area contributed by atoms with E-state index in [1.165, 1.54) is 5.56 Å². The number of rotatable bonds is 4. The van der Waals surface area contributed by atoms with Crippen LogP contribution in [-0.2, 0) is 11.2 Å². The van der Waals surface area contributed by atoms with Crippen molar-refractivity contribution in [1.82, 2.24) is 5.32 Å². The zero-order valence-electron chi connectivity index (χ0n) is 10.8. The topological polar surface area (TPSA) is 66.4 Å². The van der Waals surface area contributed by atoms with E-state index in [4.69, 9.17) is 5.11 Å². The average molecular weight is 259 g/mol. The van der Waals surface area contributed by atoms with Crippen LogP contribution in [0.2, 0.25) is 0 Å². The Labute approximate surface area is 112 Å². The Morgan fingerprint density at radius 2 is 1.95 bits per heavy atom. The molecular weight excluding hydrogens is 242 g/mol. The summed E-state index contributed by atoms with van der Waals surface area (Å²) < 4.78 is 0. The second kappa shape index (κ2) is 5.69. The van der Waals surface area contributed by atoms with Gasteiger partial charge in [0, 0.05) is 11.6 Å². The minimum Gasteiger partial charge on any atom is -0.481 e. The number of benzene rings is 1. The van der Waals surface area contributed by atoms with Crippen LogP contribution >= 0.6 is 0 Å². The van der Waals surface area contributed by atoms with Gasteiger partial charge in [0.25, 0.3) is 5.91 Å². The fourth-order valence-electron chi connectivity index (χ4n) is 2.13. The Kier molecular flexibility index (Phi) is 4.00. The number of hydrogen-bond acceptors (Lipinski definition) is 2. The predicted octanol–water partition coefficient (Wildman–Crippen LogP) is 2.01. The molecule has 4 nitrogen and oxygen atoms in total. The predicted molar refractivity (Wildman–Crippen MR) is 72.0 cm³/mol. The maximum atomic E-state index is 12.0. The van der Waals surface area contributed by atoms with Gasteiger partial charge in [-0.15, -0.1) is 0 Å². The van der Waals surface area contributed by atoms with Crippen LogP contribution in [0.15, 0.2) is 36.4 Å². The molecule has 0 heterocycles. The molecule has 1 aliphatic rings. The van der Waals surface area contributed by atoms with Gasteiger partial charge in [-0.2, -0.15) is 0 Å². The molecule has 2 rings (SSSR count). The molecule has 0 aliphatic heterocycles. The first-order valence-electron chi connectivity index (χ1n) is 6.41. The molecular formula is C15H17NO3. The van der Waals surface area contributed by atoms with Gasteiger partial charge in [0.2, 0.25) is 0 Å². The van der Waals surface area contributed by atoms with Gasteiger partial charge < -0.3 is 10.4 Å². The van der Waals surface area contributed by atoms with Crippen molar-refractivity contribution in [1.29, 1.82) is 0 Å². The van der Waals surface area contributed by atoms with Gasteiger partial charge in [-0.3, -0.25) is 9.59 Å². The minimum absolute atomic E-state index is 0.164. The minimum atomic E-state index is -0.847. The lowest BCUT2D eigenvalue weighted by atomic mass is 10.1. The highest BCUT2D eigenvalue weighted by atomic mass is 16.4. The third-order valence-corrected chi connectivity index (χ3v) is 3.34. The van der Waals surface area contributed by atoms with Gasteiger partial charge in [-0.05, 0) is 30.5 Å². The van der Waals surface area contributed by atoms with Crippen molar-refractivity contribution < 1.29 is 14.7 Å². The molecule has 2 unspecified atom stereocenters. The van der Waals surface area contributed by atoms with E-state index in [9.17, 15) is 9.59 Å². The Morgan fingerprint density at radius 1 is 1.26 bits per heavy atom. The fourth-order valence-corrected chi connectivity index (χ4v) is 2.13. The average Bonchev–Trinajstić information content (AvgIpc) is 2.87. The third kappa shape index (κ3) is 3.22. The van der Waals surface area contributed by atoms with E-state index in [1.54, 1.807) is 24.3 Å². The molecule has 0 radical (unpaired) electrons. The number of amides is 1. The van der Waals surface area contributed by atoms with Crippen molar-refractivity contribution in [3.8, 4) is 0 Å². The molecule has 4 heteroatoms. The molecule has 0 saturated heterocycles. The summed E-state index contributed by atoms with van der Waals surface area (Å²) in [5.74, 6) is -1.50. The summed E-state index contributed by atoms with van der Waals surface area (Å²) >= 11 is 0. The SMILES string of the molecule is CCc1ccc(C(=O)NC2C=CC(C(=O)O)C2)cc1. The quantitative estimate of drug-likeness (QED) is 0.813. The summed E-state index contributed by atoms with van der Waals surface area (Å²) in [6.45, 7) is 2.06.